The van der Waals surface area contributed by atoms with Crippen molar-refractivity contribution >= 4 is 11.8 Å². The van der Waals surface area contributed by atoms with Crippen LogP contribution in [0.4, 0.5) is 0 Å². The minimum atomic E-state index is -0.325. The van der Waals surface area contributed by atoms with Gasteiger partial charge in [0.1, 0.15) is 0 Å². The topological polar surface area (TPSA) is 55.8 Å². The van der Waals surface area contributed by atoms with E-state index in [4.69, 9.17) is 9.47 Å². The van der Waals surface area contributed by atoms with Crippen molar-refractivity contribution in [3.8, 4) is 0 Å². The summed E-state index contributed by atoms with van der Waals surface area (Å²) in [6, 6.07) is 9.63. The number of hydrogen-bond acceptors (Lipinski definition) is 4. The summed E-state index contributed by atoms with van der Waals surface area (Å²) >= 11 is 0. The zero-order chi connectivity index (χ0) is 17.1. The number of likely N-dealkylation sites (tertiary alicyclic amines) is 1. The Balaban J connectivity index is 1.77. The zero-order valence-corrected chi connectivity index (χ0v) is 14.3. The van der Waals surface area contributed by atoms with Crippen LogP contribution in [0.5, 0.6) is 0 Å². The van der Waals surface area contributed by atoms with Crippen molar-refractivity contribution in [1.82, 2.24) is 4.90 Å². The standard InChI is InChI=1S/C19H25NO4/c1-3-16-13(2)19(24-11-14-7-5-4-6-8-14)15(12-23-16)20-17(21)9-10-18(20)22/h4-8,13,15-16,19H,3,9-12H2,1-2H3/t13-,15+,16+,19-/m0/s1. The smallest absolute Gasteiger partial charge is 0.230 e. The summed E-state index contributed by atoms with van der Waals surface area (Å²) in [4.78, 5) is 25.7. The van der Waals surface area contributed by atoms with Crippen LogP contribution in [-0.4, -0.2) is 41.6 Å². The maximum atomic E-state index is 12.2. The number of hydrogen-bond donors (Lipinski definition) is 0. The second-order valence-corrected chi connectivity index (χ2v) is 6.63. The van der Waals surface area contributed by atoms with E-state index in [-0.39, 0.29) is 36.0 Å². The van der Waals surface area contributed by atoms with Crippen LogP contribution < -0.4 is 0 Å². The van der Waals surface area contributed by atoms with Crippen molar-refractivity contribution in [2.75, 3.05) is 6.61 Å². The van der Waals surface area contributed by atoms with E-state index >= 15 is 0 Å². The molecule has 5 heteroatoms. The first-order valence-corrected chi connectivity index (χ1v) is 8.73. The Kier molecular flexibility index (Phi) is 5.31. The fraction of sp³-hybridized carbons (Fsp3) is 0.579. The quantitative estimate of drug-likeness (QED) is 0.778. The van der Waals surface area contributed by atoms with Gasteiger partial charge in [-0.05, 0) is 12.0 Å². The molecule has 1 aromatic rings. The number of imide groups is 1. The molecule has 2 aliphatic heterocycles. The molecule has 0 N–H and O–H groups in total. The summed E-state index contributed by atoms with van der Waals surface area (Å²) in [6.07, 6.45) is 1.38. The molecule has 0 bridgehead atoms. The Hall–Kier alpha value is -1.72. The van der Waals surface area contributed by atoms with Gasteiger partial charge in [-0.15, -0.1) is 0 Å². The second kappa shape index (κ2) is 7.45. The van der Waals surface area contributed by atoms with Crippen LogP contribution in [0.3, 0.4) is 0 Å². The number of nitrogens with zero attached hydrogens (tertiary/aromatic N) is 1. The number of carbonyl (C=O) groups excluding carboxylic acids is 2. The highest BCUT2D eigenvalue weighted by molar-refractivity contribution is 6.02. The van der Waals surface area contributed by atoms with Crippen LogP contribution in [-0.2, 0) is 25.7 Å². The van der Waals surface area contributed by atoms with Crippen molar-refractivity contribution in [3.63, 3.8) is 0 Å². The molecule has 5 nitrogen and oxygen atoms in total. The van der Waals surface area contributed by atoms with Crippen molar-refractivity contribution in [1.29, 1.82) is 0 Å². The SMILES string of the molecule is CC[C@H]1OC[C@@H](N2C(=O)CCC2=O)[C@@H](OCc2ccccc2)[C@H]1C. The van der Waals surface area contributed by atoms with Crippen molar-refractivity contribution in [3.05, 3.63) is 35.9 Å². The third kappa shape index (κ3) is 3.37. The normalized spacial score (nSPS) is 30.8. The van der Waals surface area contributed by atoms with Crippen LogP contribution in [0.15, 0.2) is 30.3 Å². The highest BCUT2D eigenvalue weighted by atomic mass is 16.5. The van der Waals surface area contributed by atoms with E-state index < -0.39 is 0 Å². The molecular formula is C19H25NO4. The zero-order valence-electron chi connectivity index (χ0n) is 14.3. The molecule has 0 aromatic heterocycles. The van der Waals surface area contributed by atoms with Gasteiger partial charge in [0.25, 0.3) is 0 Å². The van der Waals surface area contributed by atoms with Gasteiger partial charge < -0.3 is 9.47 Å². The Morgan fingerprint density at radius 2 is 1.83 bits per heavy atom. The summed E-state index contributed by atoms with van der Waals surface area (Å²) < 4.78 is 12.1. The van der Waals surface area contributed by atoms with Crippen molar-refractivity contribution in [2.24, 2.45) is 5.92 Å². The summed E-state index contributed by atoms with van der Waals surface area (Å²) in [6.45, 7) is 5.00. The minimum absolute atomic E-state index is 0.0924. The minimum Gasteiger partial charge on any atom is -0.376 e. The van der Waals surface area contributed by atoms with E-state index in [2.05, 4.69) is 13.8 Å². The Bertz CT molecular complexity index is 572. The molecule has 2 heterocycles. The lowest BCUT2D eigenvalue weighted by Gasteiger charge is -2.43. The maximum absolute atomic E-state index is 12.2. The van der Waals surface area contributed by atoms with Gasteiger partial charge in [-0.2, -0.15) is 0 Å². The molecule has 24 heavy (non-hydrogen) atoms. The lowest BCUT2D eigenvalue weighted by Crippen LogP contribution is -2.58. The van der Waals surface area contributed by atoms with Gasteiger partial charge in [0.05, 0.1) is 31.5 Å². The fourth-order valence-corrected chi connectivity index (χ4v) is 3.74. The van der Waals surface area contributed by atoms with Crippen LogP contribution in [0.2, 0.25) is 0 Å². The molecule has 2 aliphatic rings. The van der Waals surface area contributed by atoms with Crippen LogP contribution in [0, 0.1) is 5.92 Å². The van der Waals surface area contributed by atoms with E-state index in [0.717, 1.165) is 12.0 Å². The first-order chi connectivity index (χ1) is 11.6. The summed E-state index contributed by atoms with van der Waals surface area (Å²) in [5.74, 6) is -0.0909. The largest absolute Gasteiger partial charge is 0.376 e. The lowest BCUT2D eigenvalue weighted by atomic mass is 9.88. The van der Waals surface area contributed by atoms with Crippen LogP contribution in [0.25, 0.3) is 0 Å². The molecule has 1 aromatic carbocycles. The van der Waals surface area contributed by atoms with E-state index in [9.17, 15) is 9.59 Å². The molecule has 0 spiro atoms. The van der Waals surface area contributed by atoms with Crippen LogP contribution >= 0.6 is 0 Å². The third-order valence-corrected chi connectivity index (χ3v) is 5.07. The van der Waals surface area contributed by atoms with Gasteiger partial charge in [-0.3, -0.25) is 14.5 Å². The lowest BCUT2D eigenvalue weighted by molar-refractivity contribution is -0.174. The molecule has 2 amide bonds. The predicted octanol–water partition coefficient (Wildman–Crippen LogP) is 2.53. The Labute approximate surface area is 142 Å². The molecule has 4 atom stereocenters. The molecule has 0 aliphatic carbocycles. The first kappa shape index (κ1) is 17.1. The van der Waals surface area contributed by atoms with E-state index in [1.54, 1.807) is 0 Å². The first-order valence-electron chi connectivity index (χ1n) is 8.73. The van der Waals surface area contributed by atoms with E-state index in [0.29, 0.717) is 26.1 Å². The van der Waals surface area contributed by atoms with E-state index in [1.165, 1.54) is 4.90 Å². The number of benzene rings is 1. The van der Waals surface area contributed by atoms with Gasteiger partial charge >= 0.3 is 0 Å². The highest BCUT2D eigenvalue weighted by Crippen LogP contribution is 2.31. The van der Waals surface area contributed by atoms with Gasteiger partial charge in [0.2, 0.25) is 11.8 Å². The summed E-state index contributed by atoms with van der Waals surface area (Å²) in [7, 11) is 0. The average Bonchev–Trinajstić information content (AvgIpc) is 2.93. The predicted molar refractivity (Wildman–Crippen MR) is 89.1 cm³/mol. The van der Waals surface area contributed by atoms with Crippen LogP contribution in [0.1, 0.15) is 38.7 Å². The van der Waals surface area contributed by atoms with Gasteiger partial charge in [-0.25, -0.2) is 0 Å². The number of rotatable bonds is 5. The Morgan fingerprint density at radius 3 is 2.46 bits per heavy atom. The summed E-state index contributed by atoms with van der Waals surface area (Å²) in [5, 5.41) is 0. The molecule has 2 fully saturated rings. The fourth-order valence-electron chi connectivity index (χ4n) is 3.74. The molecule has 2 saturated heterocycles. The maximum Gasteiger partial charge on any atom is 0.230 e. The van der Waals surface area contributed by atoms with Crippen molar-refractivity contribution < 1.29 is 19.1 Å². The molecular weight excluding hydrogens is 306 g/mol. The third-order valence-electron chi connectivity index (χ3n) is 5.07. The molecule has 0 saturated carbocycles. The van der Waals surface area contributed by atoms with Gasteiger partial charge in [-0.1, -0.05) is 44.2 Å². The summed E-state index contributed by atoms with van der Waals surface area (Å²) in [5.41, 5.74) is 1.09. The molecule has 0 unspecified atom stereocenters. The van der Waals surface area contributed by atoms with E-state index in [1.807, 2.05) is 30.3 Å². The highest BCUT2D eigenvalue weighted by Gasteiger charge is 2.46. The van der Waals surface area contributed by atoms with Gasteiger partial charge in [0.15, 0.2) is 0 Å². The monoisotopic (exact) mass is 331 g/mol. The second-order valence-electron chi connectivity index (χ2n) is 6.63. The van der Waals surface area contributed by atoms with Gasteiger partial charge in [0, 0.05) is 18.8 Å². The molecule has 0 radical (unpaired) electrons. The molecule has 130 valence electrons. The number of ether oxygens (including phenoxy) is 2. The average molecular weight is 331 g/mol. The number of amides is 2. The number of carbonyl (C=O) groups is 2. The molecule has 3 rings (SSSR count). The van der Waals surface area contributed by atoms with Crippen molar-refractivity contribution in [2.45, 2.75) is 58.0 Å². The Morgan fingerprint density at radius 1 is 1.17 bits per heavy atom.